The predicted octanol–water partition coefficient (Wildman–Crippen LogP) is 5.71. The Kier molecular flexibility index (Phi) is 5.74. The Hall–Kier alpha value is -2.56. The number of anilines is 1. The lowest BCUT2D eigenvalue weighted by molar-refractivity contribution is -0.121. The second-order valence-electron chi connectivity index (χ2n) is 7.64. The zero-order chi connectivity index (χ0) is 20.4. The molecule has 29 heavy (non-hydrogen) atoms. The molecule has 0 radical (unpaired) electrons. The third-order valence-corrected chi connectivity index (χ3v) is 6.26. The van der Waals surface area contributed by atoms with Crippen molar-refractivity contribution in [3.05, 3.63) is 95.6 Å². The molecule has 1 amide bonds. The van der Waals surface area contributed by atoms with Crippen molar-refractivity contribution < 1.29 is 4.79 Å². The standard InChI is InChI=1S/C25H26N2OS/c1-18(2)29-23-16-10-7-13-20(23)17-26(3)27-22-15-9-8-14-21(22)24(25(27)28)19-11-5-4-6-12-19/h4-16,18,24H,17H2,1-3H3/t24-/m0/s1. The van der Waals surface area contributed by atoms with Crippen molar-refractivity contribution >= 4 is 23.4 Å². The largest absolute Gasteiger partial charge is 0.272 e. The van der Waals surface area contributed by atoms with Crippen LogP contribution in [-0.4, -0.2) is 23.2 Å². The minimum Gasteiger partial charge on any atom is -0.272 e. The Morgan fingerprint density at radius 2 is 1.59 bits per heavy atom. The molecule has 4 rings (SSSR count). The highest BCUT2D eigenvalue weighted by Crippen LogP contribution is 2.42. The van der Waals surface area contributed by atoms with E-state index in [1.54, 1.807) is 0 Å². The van der Waals surface area contributed by atoms with E-state index in [4.69, 9.17) is 0 Å². The molecule has 0 bridgehead atoms. The lowest BCUT2D eigenvalue weighted by atomic mass is 9.93. The minimum absolute atomic E-state index is 0.105. The van der Waals surface area contributed by atoms with Crippen LogP contribution in [-0.2, 0) is 11.3 Å². The number of carbonyl (C=O) groups is 1. The van der Waals surface area contributed by atoms with E-state index in [9.17, 15) is 4.79 Å². The first kappa shape index (κ1) is 19.7. The predicted molar refractivity (Wildman–Crippen MR) is 121 cm³/mol. The summed E-state index contributed by atoms with van der Waals surface area (Å²) in [5, 5.41) is 4.41. The summed E-state index contributed by atoms with van der Waals surface area (Å²) in [6, 6.07) is 26.7. The highest BCUT2D eigenvalue weighted by molar-refractivity contribution is 8.00. The van der Waals surface area contributed by atoms with E-state index in [1.807, 2.05) is 77.4 Å². The van der Waals surface area contributed by atoms with Crippen molar-refractivity contribution in [3.63, 3.8) is 0 Å². The quantitative estimate of drug-likeness (QED) is 0.493. The number of amides is 1. The molecular formula is C25H26N2OS. The van der Waals surface area contributed by atoms with E-state index < -0.39 is 0 Å². The lowest BCUT2D eigenvalue weighted by Crippen LogP contribution is -2.42. The van der Waals surface area contributed by atoms with Gasteiger partial charge in [-0.05, 0) is 28.8 Å². The van der Waals surface area contributed by atoms with Gasteiger partial charge >= 0.3 is 0 Å². The Labute approximate surface area is 177 Å². The van der Waals surface area contributed by atoms with Gasteiger partial charge in [-0.2, -0.15) is 0 Å². The molecule has 3 aromatic carbocycles. The van der Waals surface area contributed by atoms with Crippen molar-refractivity contribution in [2.45, 2.75) is 36.5 Å². The van der Waals surface area contributed by atoms with Gasteiger partial charge < -0.3 is 0 Å². The van der Waals surface area contributed by atoms with Crippen LogP contribution in [0.25, 0.3) is 0 Å². The zero-order valence-electron chi connectivity index (χ0n) is 17.1. The molecular weight excluding hydrogens is 376 g/mol. The molecule has 0 aliphatic carbocycles. The van der Waals surface area contributed by atoms with Crippen molar-refractivity contribution in [2.75, 3.05) is 12.1 Å². The average molecular weight is 403 g/mol. The number of thioether (sulfide) groups is 1. The van der Waals surface area contributed by atoms with E-state index >= 15 is 0 Å². The third-order valence-electron chi connectivity index (χ3n) is 5.14. The van der Waals surface area contributed by atoms with Gasteiger partial charge in [0, 0.05) is 23.7 Å². The summed E-state index contributed by atoms with van der Waals surface area (Å²) in [4.78, 5) is 14.8. The van der Waals surface area contributed by atoms with Crippen LogP contribution in [0.5, 0.6) is 0 Å². The molecule has 0 fully saturated rings. The van der Waals surface area contributed by atoms with Gasteiger partial charge in [-0.25, -0.2) is 10.0 Å². The van der Waals surface area contributed by atoms with Crippen LogP contribution in [0.3, 0.4) is 0 Å². The normalized spacial score (nSPS) is 16.0. The minimum atomic E-state index is -0.255. The molecule has 1 heterocycles. The summed E-state index contributed by atoms with van der Waals surface area (Å²) in [6.45, 7) is 5.09. The fraction of sp³-hybridized carbons (Fsp3) is 0.240. The molecule has 1 atom stereocenters. The summed E-state index contributed by atoms with van der Waals surface area (Å²) in [5.74, 6) is -0.149. The van der Waals surface area contributed by atoms with Gasteiger partial charge in [0.05, 0.1) is 11.6 Å². The maximum atomic E-state index is 13.5. The molecule has 0 saturated heterocycles. The van der Waals surface area contributed by atoms with Gasteiger partial charge in [0.15, 0.2) is 0 Å². The van der Waals surface area contributed by atoms with Crippen LogP contribution in [0.1, 0.15) is 36.5 Å². The molecule has 1 aliphatic heterocycles. The maximum Gasteiger partial charge on any atom is 0.253 e. The Morgan fingerprint density at radius 1 is 0.931 bits per heavy atom. The SMILES string of the molecule is CC(C)Sc1ccccc1CN(C)N1C(=O)[C@@H](c2ccccc2)c2ccccc21. The van der Waals surface area contributed by atoms with Gasteiger partial charge in [0.2, 0.25) is 0 Å². The summed E-state index contributed by atoms with van der Waals surface area (Å²) in [5.41, 5.74) is 4.32. The van der Waals surface area contributed by atoms with Gasteiger partial charge in [0.1, 0.15) is 0 Å². The molecule has 3 aromatic rings. The molecule has 0 N–H and O–H groups in total. The fourth-order valence-electron chi connectivity index (χ4n) is 3.94. The summed E-state index contributed by atoms with van der Waals surface area (Å²) >= 11 is 1.86. The number of carbonyl (C=O) groups excluding carboxylic acids is 1. The Bertz CT molecular complexity index is 1000. The number of hydrogen-bond donors (Lipinski definition) is 0. The van der Waals surface area contributed by atoms with Gasteiger partial charge in [-0.3, -0.25) is 4.79 Å². The lowest BCUT2D eigenvalue weighted by Gasteiger charge is -2.30. The van der Waals surface area contributed by atoms with E-state index in [0.29, 0.717) is 11.8 Å². The van der Waals surface area contributed by atoms with Crippen LogP contribution in [0.4, 0.5) is 5.69 Å². The number of fused-ring (bicyclic) bond motifs is 1. The monoisotopic (exact) mass is 402 g/mol. The molecule has 3 nitrogen and oxygen atoms in total. The van der Waals surface area contributed by atoms with E-state index in [1.165, 1.54) is 10.5 Å². The van der Waals surface area contributed by atoms with Crippen molar-refractivity contribution in [3.8, 4) is 0 Å². The highest BCUT2D eigenvalue weighted by atomic mass is 32.2. The van der Waals surface area contributed by atoms with E-state index in [0.717, 1.165) is 16.8 Å². The van der Waals surface area contributed by atoms with E-state index in [-0.39, 0.29) is 11.8 Å². The number of nitrogens with zero attached hydrogens (tertiary/aromatic N) is 2. The molecule has 148 valence electrons. The second kappa shape index (κ2) is 8.44. The molecule has 0 aromatic heterocycles. The van der Waals surface area contributed by atoms with Crippen LogP contribution >= 0.6 is 11.8 Å². The van der Waals surface area contributed by atoms with Crippen LogP contribution < -0.4 is 5.01 Å². The van der Waals surface area contributed by atoms with Crippen LogP contribution in [0.15, 0.2) is 83.8 Å². The van der Waals surface area contributed by atoms with Crippen molar-refractivity contribution in [1.82, 2.24) is 5.01 Å². The van der Waals surface area contributed by atoms with E-state index in [2.05, 4.69) is 44.2 Å². The number of para-hydroxylation sites is 1. The fourth-order valence-corrected chi connectivity index (χ4v) is 4.89. The zero-order valence-corrected chi connectivity index (χ0v) is 17.9. The summed E-state index contributed by atoms with van der Waals surface area (Å²) in [7, 11) is 2.00. The Morgan fingerprint density at radius 3 is 2.34 bits per heavy atom. The first-order valence-corrected chi connectivity index (χ1v) is 10.9. The molecule has 4 heteroatoms. The van der Waals surface area contributed by atoms with Crippen LogP contribution in [0, 0.1) is 0 Å². The number of rotatable bonds is 6. The number of hydrazine groups is 1. The molecule has 0 spiro atoms. The first-order valence-electron chi connectivity index (χ1n) is 9.99. The number of hydrogen-bond acceptors (Lipinski definition) is 3. The summed E-state index contributed by atoms with van der Waals surface area (Å²) < 4.78 is 0. The maximum absolute atomic E-state index is 13.5. The van der Waals surface area contributed by atoms with Crippen LogP contribution in [0.2, 0.25) is 0 Å². The third kappa shape index (κ3) is 3.96. The Balaban J connectivity index is 1.66. The average Bonchev–Trinajstić information content (AvgIpc) is 3.01. The molecule has 0 saturated carbocycles. The van der Waals surface area contributed by atoms with Crippen molar-refractivity contribution in [2.24, 2.45) is 0 Å². The van der Waals surface area contributed by atoms with Gasteiger partial charge in [-0.1, -0.05) is 80.6 Å². The second-order valence-corrected chi connectivity index (χ2v) is 9.26. The first-order chi connectivity index (χ1) is 14.1. The van der Waals surface area contributed by atoms with Crippen molar-refractivity contribution in [1.29, 1.82) is 0 Å². The topological polar surface area (TPSA) is 23.6 Å². The molecule has 0 unspecified atom stereocenters. The molecule has 1 aliphatic rings. The smallest absolute Gasteiger partial charge is 0.253 e. The van der Waals surface area contributed by atoms with Gasteiger partial charge in [-0.15, -0.1) is 11.8 Å². The number of benzene rings is 3. The highest BCUT2D eigenvalue weighted by Gasteiger charge is 2.40. The summed E-state index contributed by atoms with van der Waals surface area (Å²) in [6.07, 6.45) is 0. The van der Waals surface area contributed by atoms with Gasteiger partial charge in [0.25, 0.3) is 5.91 Å².